The van der Waals surface area contributed by atoms with Crippen molar-refractivity contribution in [2.45, 2.75) is 19.5 Å². The van der Waals surface area contributed by atoms with Crippen molar-refractivity contribution in [2.24, 2.45) is 0 Å². The summed E-state index contributed by atoms with van der Waals surface area (Å²) in [6.07, 6.45) is 4.60. The van der Waals surface area contributed by atoms with Crippen LogP contribution in [-0.4, -0.2) is 41.1 Å². The molecule has 0 saturated carbocycles. The van der Waals surface area contributed by atoms with E-state index in [0.717, 1.165) is 0 Å². The molecule has 39 heavy (non-hydrogen) atoms. The number of nitrogens with one attached hydrogen (secondary N) is 2. The second-order valence-electron chi connectivity index (χ2n) is 9.02. The molecule has 5 rings (SSSR count). The molecule has 0 bridgehead atoms. The van der Waals surface area contributed by atoms with Gasteiger partial charge in [-0.25, -0.2) is 4.39 Å². The fourth-order valence-corrected chi connectivity index (χ4v) is 4.15. The van der Waals surface area contributed by atoms with Crippen molar-refractivity contribution in [2.75, 3.05) is 19.2 Å². The van der Waals surface area contributed by atoms with Crippen LogP contribution in [0.5, 0.6) is 11.5 Å². The topological polar surface area (TPSA) is 112 Å². The van der Waals surface area contributed by atoms with Crippen molar-refractivity contribution in [1.82, 2.24) is 14.9 Å². The van der Waals surface area contributed by atoms with Crippen molar-refractivity contribution >= 4 is 17.4 Å². The number of nitrogens with zero attached hydrogens (tertiary/aromatic N) is 2. The Bertz CT molecular complexity index is 1620. The van der Waals surface area contributed by atoms with Gasteiger partial charge in [-0.15, -0.1) is 0 Å². The van der Waals surface area contributed by atoms with E-state index in [1.54, 1.807) is 56.7 Å². The molecule has 3 heterocycles. The molecule has 2 N–H and O–H groups in total. The maximum absolute atomic E-state index is 13.7. The Morgan fingerprint density at radius 3 is 2.56 bits per heavy atom. The van der Waals surface area contributed by atoms with Crippen LogP contribution in [0.2, 0.25) is 0 Å². The van der Waals surface area contributed by atoms with Gasteiger partial charge in [0.2, 0.25) is 12.7 Å². The number of carbonyl (C=O) groups excluding carboxylic acids is 2. The Morgan fingerprint density at radius 2 is 1.79 bits per heavy atom. The molecule has 0 aliphatic carbocycles. The summed E-state index contributed by atoms with van der Waals surface area (Å²) < 4.78 is 25.6. The molecule has 0 spiro atoms. The number of anilines is 1. The number of benzene rings is 2. The van der Waals surface area contributed by atoms with Crippen LogP contribution in [0.4, 0.5) is 10.1 Å². The van der Waals surface area contributed by atoms with Crippen LogP contribution < -0.4 is 25.7 Å². The molecule has 1 aliphatic heterocycles. The average Bonchev–Trinajstić information content (AvgIpc) is 3.43. The van der Waals surface area contributed by atoms with Gasteiger partial charge >= 0.3 is 0 Å². The van der Waals surface area contributed by atoms with E-state index in [-0.39, 0.29) is 30.7 Å². The van der Waals surface area contributed by atoms with Gasteiger partial charge in [0, 0.05) is 35.3 Å². The van der Waals surface area contributed by atoms with E-state index < -0.39 is 17.4 Å². The highest BCUT2D eigenvalue weighted by Crippen LogP contribution is 2.37. The molecule has 1 aliphatic rings. The smallest absolute Gasteiger partial charge is 0.275 e. The minimum atomic E-state index is -0.541. The SMILES string of the molecule is CN[C@@H](C)C(=O)Nc1c(-c2ccc3c(c2)OCO3)ccn(Cc2cncc(C(=O)c3ccc(F)cc3)c2)c1=O. The number of fused-ring (bicyclic) bond motifs is 1. The number of hydrogen-bond acceptors (Lipinski definition) is 7. The number of hydrogen-bond donors (Lipinski definition) is 2. The first-order valence-corrected chi connectivity index (χ1v) is 12.2. The van der Waals surface area contributed by atoms with Crippen LogP contribution in [0.3, 0.4) is 0 Å². The van der Waals surface area contributed by atoms with Crippen LogP contribution in [-0.2, 0) is 11.3 Å². The molecule has 9 nitrogen and oxygen atoms in total. The van der Waals surface area contributed by atoms with Gasteiger partial charge in [0.1, 0.15) is 11.5 Å². The minimum absolute atomic E-state index is 0.0994. The van der Waals surface area contributed by atoms with E-state index in [4.69, 9.17) is 9.47 Å². The first-order chi connectivity index (χ1) is 18.8. The van der Waals surface area contributed by atoms with Crippen molar-refractivity contribution in [1.29, 1.82) is 0 Å². The number of halogens is 1. The molecular formula is C29H25FN4O5. The fraction of sp³-hybridized carbons (Fsp3) is 0.172. The fourth-order valence-electron chi connectivity index (χ4n) is 4.15. The second kappa shape index (κ2) is 10.9. The molecule has 10 heteroatoms. The summed E-state index contributed by atoms with van der Waals surface area (Å²) >= 11 is 0. The summed E-state index contributed by atoms with van der Waals surface area (Å²) in [6, 6.07) is 13.4. The van der Waals surface area contributed by atoms with Crippen LogP contribution in [0.1, 0.15) is 28.4 Å². The highest BCUT2D eigenvalue weighted by Gasteiger charge is 2.21. The molecule has 2 aromatic heterocycles. The maximum Gasteiger partial charge on any atom is 0.275 e. The van der Waals surface area contributed by atoms with Gasteiger partial charge < -0.3 is 24.7 Å². The maximum atomic E-state index is 13.7. The third kappa shape index (κ3) is 5.41. The molecule has 0 saturated heterocycles. The summed E-state index contributed by atoms with van der Waals surface area (Å²) in [5.74, 6) is 0.0241. The molecule has 1 amide bonds. The Kier molecular flexibility index (Phi) is 7.20. The van der Waals surface area contributed by atoms with Crippen LogP contribution in [0.25, 0.3) is 11.1 Å². The van der Waals surface area contributed by atoms with E-state index >= 15 is 0 Å². The Hall–Kier alpha value is -4.83. The Morgan fingerprint density at radius 1 is 1.03 bits per heavy atom. The molecule has 1 atom stereocenters. The standard InChI is InChI=1S/C29H25FN4O5/c1-17(31-2)28(36)33-26-23(20-5-8-24-25(12-20)39-16-38-24)9-10-34(29(26)37)15-18-11-21(14-32-13-18)27(35)19-3-6-22(30)7-4-19/h3-14,17,31H,15-16H2,1-2H3,(H,33,36)/t17-/m0/s1. The van der Waals surface area contributed by atoms with E-state index in [2.05, 4.69) is 15.6 Å². The number of rotatable bonds is 8. The lowest BCUT2D eigenvalue weighted by Crippen LogP contribution is -2.37. The van der Waals surface area contributed by atoms with Crippen LogP contribution in [0.15, 0.2) is 78.0 Å². The van der Waals surface area contributed by atoms with E-state index in [0.29, 0.717) is 39.3 Å². The van der Waals surface area contributed by atoms with E-state index in [1.165, 1.54) is 35.0 Å². The van der Waals surface area contributed by atoms with Gasteiger partial charge in [-0.3, -0.25) is 19.4 Å². The predicted molar refractivity (Wildman–Crippen MR) is 143 cm³/mol. The number of carbonyl (C=O) groups is 2. The van der Waals surface area contributed by atoms with E-state index in [9.17, 15) is 18.8 Å². The van der Waals surface area contributed by atoms with Gasteiger partial charge in [0.05, 0.1) is 12.6 Å². The highest BCUT2D eigenvalue weighted by molar-refractivity contribution is 6.08. The highest BCUT2D eigenvalue weighted by atomic mass is 19.1. The zero-order valence-electron chi connectivity index (χ0n) is 21.2. The van der Waals surface area contributed by atoms with Gasteiger partial charge in [-0.1, -0.05) is 6.07 Å². The number of pyridine rings is 2. The summed E-state index contributed by atoms with van der Waals surface area (Å²) in [5, 5.41) is 5.64. The van der Waals surface area contributed by atoms with Gasteiger partial charge in [-0.05, 0) is 73.6 Å². The lowest BCUT2D eigenvalue weighted by atomic mass is 10.0. The molecule has 0 unspecified atom stereocenters. The number of likely N-dealkylation sites (N-methyl/N-ethyl adjacent to an activating group) is 1. The molecule has 0 radical (unpaired) electrons. The van der Waals surface area contributed by atoms with Crippen molar-refractivity contribution in [3.8, 4) is 22.6 Å². The molecule has 198 valence electrons. The summed E-state index contributed by atoms with van der Waals surface area (Å²) in [5.41, 5.74) is 2.09. The Labute approximate surface area is 223 Å². The largest absolute Gasteiger partial charge is 0.454 e. The number of ketones is 1. The van der Waals surface area contributed by atoms with Crippen molar-refractivity contribution in [3.05, 3.63) is 106 Å². The average molecular weight is 529 g/mol. The zero-order chi connectivity index (χ0) is 27.5. The summed E-state index contributed by atoms with van der Waals surface area (Å²) in [6.45, 7) is 1.90. The molecule has 0 fully saturated rings. The predicted octanol–water partition coefficient (Wildman–Crippen LogP) is 3.60. The summed E-state index contributed by atoms with van der Waals surface area (Å²) in [7, 11) is 1.65. The molecule has 2 aromatic carbocycles. The van der Waals surface area contributed by atoms with Gasteiger partial charge in [-0.2, -0.15) is 0 Å². The zero-order valence-corrected chi connectivity index (χ0v) is 21.2. The minimum Gasteiger partial charge on any atom is -0.454 e. The number of ether oxygens (including phenoxy) is 2. The number of amides is 1. The first kappa shape index (κ1) is 25.8. The molecular weight excluding hydrogens is 503 g/mol. The monoisotopic (exact) mass is 528 g/mol. The van der Waals surface area contributed by atoms with E-state index in [1.807, 2.05) is 0 Å². The normalized spacial score (nSPS) is 12.7. The third-order valence-electron chi connectivity index (χ3n) is 6.44. The lowest BCUT2D eigenvalue weighted by Gasteiger charge is -2.17. The number of aromatic nitrogens is 2. The van der Waals surface area contributed by atoms with Gasteiger partial charge in [0.25, 0.3) is 5.56 Å². The van der Waals surface area contributed by atoms with Crippen molar-refractivity contribution in [3.63, 3.8) is 0 Å². The third-order valence-corrected chi connectivity index (χ3v) is 6.44. The first-order valence-electron chi connectivity index (χ1n) is 12.2. The lowest BCUT2D eigenvalue weighted by molar-refractivity contribution is -0.117. The molecule has 4 aromatic rings. The quantitative estimate of drug-likeness (QED) is 0.336. The van der Waals surface area contributed by atoms with Crippen LogP contribution in [0, 0.1) is 5.82 Å². The summed E-state index contributed by atoms with van der Waals surface area (Å²) in [4.78, 5) is 43.5. The van der Waals surface area contributed by atoms with Crippen LogP contribution >= 0.6 is 0 Å². The van der Waals surface area contributed by atoms with Crippen molar-refractivity contribution < 1.29 is 23.5 Å². The second-order valence-corrected chi connectivity index (χ2v) is 9.02. The van der Waals surface area contributed by atoms with Gasteiger partial charge in [0.15, 0.2) is 17.3 Å². The Balaban J connectivity index is 1.49.